The monoisotopic (exact) mass is 368 g/mol. The average molecular weight is 368 g/mol. The summed E-state index contributed by atoms with van der Waals surface area (Å²) in [6, 6.07) is 15.0. The molecule has 2 aromatic rings. The standard InChI is InChI=1S/C22H28N2O3/c1-16(25)24(19-8-6-7-9-20(19)27-5)15-14-23-21(26)17-10-12-18(13-11-17)22(2,3)4/h6-13H,14-15H2,1-5H3,(H,23,26). The Morgan fingerprint density at radius 1 is 1.04 bits per heavy atom. The summed E-state index contributed by atoms with van der Waals surface area (Å²) < 4.78 is 5.33. The first-order valence-electron chi connectivity index (χ1n) is 9.04. The molecule has 0 bridgehead atoms. The molecule has 0 unspecified atom stereocenters. The van der Waals surface area contributed by atoms with Gasteiger partial charge >= 0.3 is 0 Å². The maximum absolute atomic E-state index is 12.4. The largest absolute Gasteiger partial charge is 0.495 e. The molecule has 0 fully saturated rings. The van der Waals surface area contributed by atoms with Crippen LogP contribution in [0.25, 0.3) is 0 Å². The van der Waals surface area contributed by atoms with Gasteiger partial charge in [0, 0.05) is 25.6 Å². The maximum Gasteiger partial charge on any atom is 0.251 e. The molecule has 2 rings (SSSR count). The number of nitrogens with one attached hydrogen (secondary N) is 1. The molecule has 0 aliphatic heterocycles. The van der Waals surface area contributed by atoms with E-state index in [2.05, 4.69) is 26.1 Å². The third kappa shape index (κ3) is 5.33. The molecule has 0 atom stereocenters. The summed E-state index contributed by atoms with van der Waals surface area (Å²) in [5.41, 5.74) is 2.52. The molecule has 144 valence electrons. The summed E-state index contributed by atoms with van der Waals surface area (Å²) in [4.78, 5) is 26.0. The fraction of sp³-hybridized carbons (Fsp3) is 0.364. The Morgan fingerprint density at radius 2 is 1.67 bits per heavy atom. The number of ether oxygens (including phenoxy) is 1. The van der Waals surface area contributed by atoms with Crippen molar-refractivity contribution in [3.63, 3.8) is 0 Å². The van der Waals surface area contributed by atoms with Gasteiger partial charge in [-0.25, -0.2) is 0 Å². The molecule has 5 heteroatoms. The minimum Gasteiger partial charge on any atom is -0.495 e. The first kappa shape index (κ1) is 20.5. The van der Waals surface area contributed by atoms with Gasteiger partial charge in [0.25, 0.3) is 5.91 Å². The van der Waals surface area contributed by atoms with Crippen molar-refractivity contribution in [2.45, 2.75) is 33.1 Å². The zero-order valence-electron chi connectivity index (χ0n) is 16.7. The lowest BCUT2D eigenvalue weighted by Gasteiger charge is -2.23. The summed E-state index contributed by atoms with van der Waals surface area (Å²) in [5, 5.41) is 2.88. The predicted octanol–water partition coefficient (Wildman–Crippen LogP) is 3.78. The molecule has 0 saturated heterocycles. The number of para-hydroxylation sites is 2. The van der Waals surface area contributed by atoms with E-state index in [0.717, 1.165) is 0 Å². The van der Waals surface area contributed by atoms with Crippen molar-refractivity contribution >= 4 is 17.5 Å². The first-order chi connectivity index (χ1) is 12.7. The van der Waals surface area contributed by atoms with Crippen LogP contribution in [0, 0.1) is 0 Å². The van der Waals surface area contributed by atoms with Crippen molar-refractivity contribution < 1.29 is 14.3 Å². The van der Waals surface area contributed by atoms with Gasteiger partial charge < -0.3 is 15.0 Å². The fourth-order valence-electron chi connectivity index (χ4n) is 2.81. The Balaban J connectivity index is 2.00. The summed E-state index contributed by atoms with van der Waals surface area (Å²) in [7, 11) is 1.57. The molecule has 0 aliphatic carbocycles. The highest BCUT2D eigenvalue weighted by Gasteiger charge is 2.17. The topological polar surface area (TPSA) is 58.6 Å². The molecule has 2 amide bonds. The SMILES string of the molecule is COc1ccccc1N(CCNC(=O)c1ccc(C(C)(C)C)cc1)C(C)=O. The van der Waals surface area contributed by atoms with Crippen molar-refractivity contribution in [1.29, 1.82) is 0 Å². The third-order valence-electron chi connectivity index (χ3n) is 4.39. The highest BCUT2D eigenvalue weighted by molar-refractivity contribution is 5.95. The van der Waals surface area contributed by atoms with Gasteiger partial charge in [-0.15, -0.1) is 0 Å². The minimum atomic E-state index is -0.154. The molecule has 0 aliphatic rings. The Hall–Kier alpha value is -2.82. The Kier molecular flexibility index (Phi) is 6.61. The minimum absolute atomic E-state index is 0.0474. The number of rotatable bonds is 6. The van der Waals surface area contributed by atoms with Gasteiger partial charge in [0.2, 0.25) is 5.91 Å². The third-order valence-corrected chi connectivity index (χ3v) is 4.39. The lowest BCUT2D eigenvalue weighted by atomic mass is 9.87. The van der Waals surface area contributed by atoms with Crippen LogP contribution in [-0.2, 0) is 10.2 Å². The summed E-state index contributed by atoms with van der Waals surface area (Å²) in [5.74, 6) is 0.360. The van der Waals surface area contributed by atoms with Crippen LogP contribution in [0.5, 0.6) is 5.75 Å². The van der Waals surface area contributed by atoms with E-state index < -0.39 is 0 Å². The van der Waals surface area contributed by atoms with Gasteiger partial charge in [0.05, 0.1) is 12.8 Å². The van der Waals surface area contributed by atoms with Crippen LogP contribution in [0.2, 0.25) is 0 Å². The van der Waals surface area contributed by atoms with Crippen LogP contribution < -0.4 is 15.0 Å². The van der Waals surface area contributed by atoms with E-state index in [1.54, 1.807) is 18.1 Å². The summed E-state index contributed by atoms with van der Waals surface area (Å²) >= 11 is 0. The molecule has 0 spiro atoms. The van der Waals surface area contributed by atoms with Gasteiger partial charge in [-0.2, -0.15) is 0 Å². The lowest BCUT2D eigenvalue weighted by Crippen LogP contribution is -2.37. The molecule has 5 nitrogen and oxygen atoms in total. The fourth-order valence-corrected chi connectivity index (χ4v) is 2.81. The average Bonchev–Trinajstić information content (AvgIpc) is 2.64. The molecule has 0 radical (unpaired) electrons. The number of carbonyl (C=O) groups excluding carboxylic acids is 2. The van der Waals surface area contributed by atoms with E-state index >= 15 is 0 Å². The Labute approximate surface area is 161 Å². The van der Waals surface area contributed by atoms with Crippen molar-refractivity contribution in [1.82, 2.24) is 5.32 Å². The van der Waals surface area contributed by atoms with E-state index in [1.807, 2.05) is 42.5 Å². The molecule has 1 N–H and O–H groups in total. The van der Waals surface area contributed by atoms with E-state index in [0.29, 0.717) is 30.1 Å². The van der Waals surface area contributed by atoms with Crippen molar-refractivity contribution in [2.24, 2.45) is 0 Å². The quantitative estimate of drug-likeness (QED) is 0.844. The zero-order chi connectivity index (χ0) is 20.0. The molecule has 2 aromatic carbocycles. The second-order valence-corrected chi connectivity index (χ2v) is 7.43. The lowest BCUT2D eigenvalue weighted by molar-refractivity contribution is -0.116. The molecule has 0 aromatic heterocycles. The number of methoxy groups -OCH3 is 1. The zero-order valence-corrected chi connectivity index (χ0v) is 16.7. The smallest absolute Gasteiger partial charge is 0.251 e. The molecule has 0 saturated carbocycles. The van der Waals surface area contributed by atoms with Gasteiger partial charge in [-0.3, -0.25) is 9.59 Å². The Morgan fingerprint density at radius 3 is 2.22 bits per heavy atom. The maximum atomic E-state index is 12.4. The van der Waals surface area contributed by atoms with Crippen LogP contribution in [0.4, 0.5) is 5.69 Å². The van der Waals surface area contributed by atoms with Gasteiger partial charge in [0.1, 0.15) is 5.75 Å². The Bertz CT molecular complexity index is 792. The number of anilines is 1. The predicted molar refractivity (Wildman–Crippen MR) is 108 cm³/mol. The summed E-state index contributed by atoms with van der Waals surface area (Å²) in [6.45, 7) is 8.61. The number of nitrogens with zero attached hydrogens (tertiary/aromatic N) is 1. The van der Waals surface area contributed by atoms with Gasteiger partial charge in [-0.05, 0) is 35.2 Å². The molecule has 27 heavy (non-hydrogen) atoms. The van der Waals surface area contributed by atoms with Gasteiger partial charge in [0.15, 0.2) is 0 Å². The van der Waals surface area contributed by atoms with E-state index in [9.17, 15) is 9.59 Å². The van der Waals surface area contributed by atoms with Crippen molar-refractivity contribution in [2.75, 3.05) is 25.1 Å². The van der Waals surface area contributed by atoms with E-state index in [1.165, 1.54) is 12.5 Å². The van der Waals surface area contributed by atoms with Crippen LogP contribution >= 0.6 is 0 Å². The summed E-state index contributed by atoms with van der Waals surface area (Å²) in [6.07, 6.45) is 0. The first-order valence-corrected chi connectivity index (χ1v) is 9.04. The molecule has 0 heterocycles. The number of benzene rings is 2. The number of amides is 2. The second-order valence-electron chi connectivity index (χ2n) is 7.43. The van der Waals surface area contributed by atoms with Crippen molar-refractivity contribution in [3.05, 3.63) is 59.7 Å². The van der Waals surface area contributed by atoms with Crippen LogP contribution in [0.3, 0.4) is 0 Å². The number of hydrogen-bond donors (Lipinski definition) is 1. The van der Waals surface area contributed by atoms with Crippen molar-refractivity contribution in [3.8, 4) is 5.75 Å². The normalized spacial score (nSPS) is 11.0. The second kappa shape index (κ2) is 8.71. The van der Waals surface area contributed by atoms with E-state index in [-0.39, 0.29) is 17.2 Å². The molecular weight excluding hydrogens is 340 g/mol. The van der Waals surface area contributed by atoms with Crippen LogP contribution in [0.15, 0.2) is 48.5 Å². The molecular formula is C22H28N2O3. The number of hydrogen-bond acceptors (Lipinski definition) is 3. The van der Waals surface area contributed by atoms with Crippen LogP contribution in [0.1, 0.15) is 43.6 Å². The van der Waals surface area contributed by atoms with Gasteiger partial charge in [-0.1, -0.05) is 45.0 Å². The highest BCUT2D eigenvalue weighted by Crippen LogP contribution is 2.27. The number of carbonyl (C=O) groups is 2. The highest BCUT2D eigenvalue weighted by atomic mass is 16.5. The van der Waals surface area contributed by atoms with E-state index in [4.69, 9.17) is 4.74 Å². The van der Waals surface area contributed by atoms with Crippen LogP contribution in [-0.4, -0.2) is 32.0 Å².